The molecule has 0 amide bonds. The number of morpholine rings is 1. The van der Waals surface area contributed by atoms with Crippen LogP contribution in [0.4, 0.5) is 17.5 Å². The number of hydrogen-bond acceptors (Lipinski definition) is 9. The highest BCUT2D eigenvalue weighted by molar-refractivity contribution is 7.86. The summed E-state index contributed by atoms with van der Waals surface area (Å²) in [6, 6.07) is 5.76. The Morgan fingerprint density at radius 3 is 2.83 bits per heavy atom. The van der Waals surface area contributed by atoms with Crippen LogP contribution in [-0.2, 0) is 20.3 Å². The van der Waals surface area contributed by atoms with Gasteiger partial charge >= 0.3 is 0 Å². The van der Waals surface area contributed by atoms with Gasteiger partial charge in [0.05, 0.1) is 37.7 Å². The minimum Gasteiger partial charge on any atom is -0.384 e. The highest BCUT2D eigenvalue weighted by Gasteiger charge is 2.29. The van der Waals surface area contributed by atoms with Crippen LogP contribution in [-0.4, -0.2) is 75.2 Å². The van der Waals surface area contributed by atoms with Crippen molar-refractivity contribution in [2.24, 2.45) is 0 Å². The number of rotatable bonds is 7. The van der Waals surface area contributed by atoms with Gasteiger partial charge in [-0.1, -0.05) is 0 Å². The maximum Gasteiger partial charge on any atom is 0.164 e. The molecule has 0 aliphatic carbocycles. The molecule has 9 nitrogen and oxygen atoms in total. The van der Waals surface area contributed by atoms with Crippen molar-refractivity contribution in [1.29, 1.82) is 0 Å². The average molecular weight is 433 g/mol. The highest BCUT2D eigenvalue weighted by Crippen LogP contribution is 2.25. The molecule has 0 spiro atoms. The minimum atomic E-state index is -0.939. The molecule has 10 heteroatoms. The zero-order valence-electron chi connectivity index (χ0n) is 17.3. The monoisotopic (exact) mass is 432 g/mol. The Morgan fingerprint density at radius 1 is 1.30 bits per heavy atom. The predicted molar refractivity (Wildman–Crippen MR) is 118 cm³/mol. The summed E-state index contributed by atoms with van der Waals surface area (Å²) in [6.07, 6.45) is 1.65. The van der Waals surface area contributed by atoms with Gasteiger partial charge in [-0.05, 0) is 26.0 Å². The molecular formula is C20H28N6O3S. The van der Waals surface area contributed by atoms with Crippen molar-refractivity contribution in [2.45, 2.75) is 30.4 Å². The van der Waals surface area contributed by atoms with Crippen LogP contribution in [0.3, 0.4) is 0 Å². The van der Waals surface area contributed by atoms with Crippen LogP contribution < -0.4 is 16.0 Å². The molecule has 4 rings (SSSR count). The van der Waals surface area contributed by atoms with Crippen molar-refractivity contribution in [1.82, 2.24) is 15.0 Å². The molecule has 2 aromatic heterocycles. The molecule has 0 saturated carbocycles. The Kier molecular flexibility index (Phi) is 6.45. The fourth-order valence-corrected chi connectivity index (χ4v) is 4.83. The van der Waals surface area contributed by atoms with Gasteiger partial charge in [0.25, 0.3) is 0 Å². The second-order valence-corrected chi connectivity index (χ2v) is 9.83. The van der Waals surface area contributed by atoms with Crippen LogP contribution in [0.5, 0.6) is 0 Å². The number of nitrogens with two attached hydrogens (primary N) is 1. The third kappa shape index (κ3) is 4.71. The molecule has 162 valence electrons. The molecule has 30 heavy (non-hydrogen) atoms. The molecule has 0 radical (unpaired) electrons. The van der Waals surface area contributed by atoms with E-state index in [9.17, 15) is 4.21 Å². The van der Waals surface area contributed by atoms with Crippen molar-refractivity contribution in [3.8, 4) is 11.4 Å². The second-order valence-electron chi connectivity index (χ2n) is 7.70. The predicted octanol–water partition coefficient (Wildman–Crippen LogP) is 1.29. The number of anilines is 3. The van der Waals surface area contributed by atoms with E-state index in [1.165, 1.54) is 0 Å². The maximum absolute atomic E-state index is 12.5. The van der Waals surface area contributed by atoms with Gasteiger partial charge in [-0.2, -0.15) is 0 Å². The largest absolute Gasteiger partial charge is 0.384 e. The first-order chi connectivity index (χ1) is 14.5. The van der Waals surface area contributed by atoms with E-state index >= 15 is 0 Å². The van der Waals surface area contributed by atoms with E-state index in [-0.39, 0.29) is 16.5 Å². The maximum atomic E-state index is 12.5. The topological polar surface area (TPSA) is 115 Å². The van der Waals surface area contributed by atoms with Crippen LogP contribution in [0.1, 0.15) is 13.8 Å². The molecule has 0 aromatic carbocycles. The smallest absolute Gasteiger partial charge is 0.164 e. The number of nitrogen functional groups attached to an aromatic ring is 1. The fourth-order valence-electron chi connectivity index (χ4n) is 3.46. The summed E-state index contributed by atoms with van der Waals surface area (Å²) in [5.74, 6) is 2.51. The standard InChI is InChI=1S/C20H28N6O3S/c1-13-10-28-6-5-26(13)19-8-18(23-9-14(2)30(27)16-11-29-12-16)24-20(25-19)15-3-4-22-17(21)7-15/h3-4,7-8,13-14,16H,5-6,9-12H2,1-2H3,(H2,21,22)(H,23,24,25)/t13-,14-,30?/m1/s1. The lowest BCUT2D eigenvalue weighted by atomic mass is 10.2. The van der Waals surface area contributed by atoms with E-state index in [1.54, 1.807) is 12.3 Å². The third-order valence-corrected chi connectivity index (χ3v) is 7.21. The Labute approximate surface area is 178 Å². The number of aromatic nitrogens is 3. The van der Waals surface area contributed by atoms with Gasteiger partial charge in [-0.25, -0.2) is 15.0 Å². The number of pyridine rings is 1. The van der Waals surface area contributed by atoms with E-state index in [4.69, 9.17) is 20.2 Å². The number of nitrogens with one attached hydrogen (secondary N) is 1. The van der Waals surface area contributed by atoms with E-state index in [0.717, 1.165) is 17.9 Å². The van der Waals surface area contributed by atoms with Crippen LogP contribution in [0.25, 0.3) is 11.4 Å². The van der Waals surface area contributed by atoms with Crippen molar-refractivity contribution < 1.29 is 13.7 Å². The van der Waals surface area contributed by atoms with E-state index in [2.05, 4.69) is 27.1 Å². The minimum absolute atomic E-state index is 0.0142. The summed E-state index contributed by atoms with van der Waals surface area (Å²) in [4.78, 5) is 15.8. The normalized spacial score (nSPS) is 21.7. The first-order valence-corrected chi connectivity index (χ1v) is 11.4. The van der Waals surface area contributed by atoms with Gasteiger partial charge in [-0.15, -0.1) is 0 Å². The molecule has 3 atom stereocenters. The van der Waals surface area contributed by atoms with Gasteiger partial charge in [0.1, 0.15) is 17.5 Å². The van der Waals surface area contributed by atoms with Gasteiger partial charge in [0.2, 0.25) is 0 Å². The summed E-state index contributed by atoms with van der Waals surface area (Å²) in [5.41, 5.74) is 6.66. The van der Waals surface area contributed by atoms with Gasteiger partial charge in [-0.3, -0.25) is 4.21 Å². The Bertz CT molecular complexity index is 910. The van der Waals surface area contributed by atoms with Crippen LogP contribution in [0.15, 0.2) is 24.4 Å². The van der Waals surface area contributed by atoms with Gasteiger partial charge in [0, 0.05) is 47.0 Å². The van der Waals surface area contributed by atoms with Crippen LogP contribution >= 0.6 is 0 Å². The molecule has 4 heterocycles. The molecule has 0 bridgehead atoms. The second kappa shape index (κ2) is 9.23. The Balaban J connectivity index is 1.59. The van der Waals surface area contributed by atoms with E-state index in [1.807, 2.05) is 19.1 Å². The van der Waals surface area contributed by atoms with Crippen molar-refractivity contribution in [3.05, 3.63) is 24.4 Å². The average Bonchev–Trinajstić information content (AvgIpc) is 2.71. The molecular weight excluding hydrogens is 404 g/mol. The Hall–Kier alpha value is -2.30. The van der Waals surface area contributed by atoms with E-state index in [0.29, 0.717) is 50.4 Å². The molecule has 1 unspecified atom stereocenters. The first kappa shape index (κ1) is 21.0. The Morgan fingerprint density at radius 2 is 2.13 bits per heavy atom. The molecule has 2 aliphatic heterocycles. The summed E-state index contributed by atoms with van der Waals surface area (Å²) in [7, 11) is -0.939. The lowest BCUT2D eigenvalue weighted by Crippen LogP contribution is -2.44. The zero-order chi connectivity index (χ0) is 21.1. The summed E-state index contributed by atoms with van der Waals surface area (Å²) >= 11 is 0. The lowest BCUT2D eigenvalue weighted by molar-refractivity contribution is 0.0433. The first-order valence-electron chi connectivity index (χ1n) is 10.2. The van der Waals surface area contributed by atoms with Crippen LogP contribution in [0, 0.1) is 0 Å². The summed E-state index contributed by atoms with van der Waals surface area (Å²) < 4.78 is 23.3. The number of ether oxygens (including phenoxy) is 2. The SMILES string of the molecule is C[C@@H]1COCCN1c1cc(NC[C@@H](C)S(=O)C2COC2)nc(-c2ccnc(N)c2)n1. The van der Waals surface area contributed by atoms with Crippen molar-refractivity contribution in [2.75, 3.05) is 55.5 Å². The third-order valence-electron chi connectivity index (χ3n) is 5.32. The lowest BCUT2D eigenvalue weighted by Gasteiger charge is -2.34. The quantitative estimate of drug-likeness (QED) is 0.668. The molecule has 3 N–H and O–H groups in total. The highest BCUT2D eigenvalue weighted by atomic mass is 32.2. The summed E-state index contributed by atoms with van der Waals surface area (Å²) in [6.45, 7) is 7.89. The van der Waals surface area contributed by atoms with Crippen molar-refractivity contribution in [3.63, 3.8) is 0 Å². The summed E-state index contributed by atoms with van der Waals surface area (Å²) in [5, 5.41) is 3.48. The number of hydrogen-bond donors (Lipinski definition) is 2. The molecule has 2 aromatic rings. The van der Waals surface area contributed by atoms with Crippen molar-refractivity contribution >= 4 is 28.3 Å². The van der Waals surface area contributed by atoms with E-state index < -0.39 is 10.8 Å². The molecule has 2 aliphatic rings. The van der Waals surface area contributed by atoms with Gasteiger partial charge < -0.3 is 25.4 Å². The molecule has 2 fully saturated rings. The van der Waals surface area contributed by atoms with Crippen LogP contribution in [0.2, 0.25) is 0 Å². The van der Waals surface area contributed by atoms with Gasteiger partial charge in [0.15, 0.2) is 5.82 Å². The number of nitrogens with zero attached hydrogens (tertiary/aromatic N) is 4. The zero-order valence-corrected chi connectivity index (χ0v) is 18.1. The molecule has 2 saturated heterocycles. The fraction of sp³-hybridized carbons (Fsp3) is 0.550.